The number of hydrazine groups is 1. The summed E-state index contributed by atoms with van der Waals surface area (Å²) in [5.41, 5.74) is 6.32. The zero-order valence-electron chi connectivity index (χ0n) is 21.4. The number of hydrogen-bond donors (Lipinski definition) is 2. The third kappa shape index (κ3) is 6.60. The Morgan fingerprint density at radius 2 is 1.71 bits per heavy atom. The van der Waals surface area contributed by atoms with Gasteiger partial charge in [0.05, 0.1) is 17.1 Å². The Morgan fingerprint density at radius 1 is 1.00 bits per heavy atom. The highest BCUT2D eigenvalue weighted by molar-refractivity contribution is 7.98. The van der Waals surface area contributed by atoms with Gasteiger partial charge in [-0.15, -0.1) is 24.9 Å². The zero-order valence-corrected chi connectivity index (χ0v) is 22.2. The molecule has 0 saturated carbocycles. The number of aryl methyl sites for hydroxylation is 1. The van der Waals surface area contributed by atoms with E-state index >= 15 is 0 Å². The van der Waals surface area contributed by atoms with Crippen LogP contribution in [0.2, 0.25) is 0 Å². The second-order valence-electron chi connectivity index (χ2n) is 8.59. The van der Waals surface area contributed by atoms with Crippen molar-refractivity contribution < 1.29 is 35.5 Å². The number of hydrogen-bond acceptors (Lipinski definition) is 6. The van der Waals surface area contributed by atoms with E-state index in [-0.39, 0.29) is 28.5 Å². The Labute approximate surface area is 234 Å². The average molecular weight is 598 g/mol. The maximum Gasteiger partial charge on any atom is 0.573 e. The lowest BCUT2D eigenvalue weighted by molar-refractivity contribution is -0.275. The Balaban J connectivity index is 1.86. The molecule has 0 radical (unpaired) electrons. The number of alkyl halides is 6. The SMILES string of the molecule is CSc1cccc(-c2ccc(-n3cc(C(F)(F)F)nc3C)c(N(N)/C(=C\N)c3ccc(OC(F)(F)F)c(F)c3)c2)c1. The fourth-order valence-corrected chi connectivity index (χ4v) is 4.53. The van der Waals surface area contributed by atoms with Gasteiger partial charge in [0.25, 0.3) is 0 Å². The van der Waals surface area contributed by atoms with Crippen molar-refractivity contribution in [2.45, 2.75) is 24.4 Å². The van der Waals surface area contributed by atoms with Crippen LogP contribution in [-0.2, 0) is 6.18 Å². The van der Waals surface area contributed by atoms with Crippen molar-refractivity contribution >= 4 is 23.1 Å². The molecule has 1 aromatic heterocycles. The van der Waals surface area contributed by atoms with Gasteiger partial charge in [0.1, 0.15) is 5.82 Å². The molecule has 14 heteroatoms. The molecule has 0 unspecified atom stereocenters. The van der Waals surface area contributed by atoms with Gasteiger partial charge in [0, 0.05) is 22.9 Å². The Kier molecular flexibility index (Phi) is 8.27. The highest BCUT2D eigenvalue weighted by Crippen LogP contribution is 2.37. The second kappa shape index (κ2) is 11.4. The standard InChI is InChI=1S/C27H22F7N5OS/c1-15-37-25(26(29,30)31)14-38(15)21-8-6-17(16-4-3-5-19(10-16)41-2)12-22(21)39(36)23(13-35)18-7-9-24(20(28)11-18)40-27(32,33)34/h3-14H,35-36H2,1-2H3/b23-13-. The first kappa shape index (κ1) is 29.8. The van der Waals surface area contributed by atoms with Crippen molar-refractivity contribution in [1.29, 1.82) is 0 Å². The monoisotopic (exact) mass is 597 g/mol. The minimum Gasteiger partial charge on any atom is -0.403 e. The highest BCUT2D eigenvalue weighted by atomic mass is 32.2. The Morgan fingerprint density at radius 3 is 2.29 bits per heavy atom. The van der Waals surface area contributed by atoms with Gasteiger partial charge in [-0.05, 0) is 66.8 Å². The van der Waals surface area contributed by atoms with Crippen LogP contribution in [0.15, 0.2) is 78.0 Å². The highest BCUT2D eigenvalue weighted by Gasteiger charge is 2.35. The van der Waals surface area contributed by atoms with Crippen molar-refractivity contribution in [1.82, 2.24) is 9.55 Å². The molecule has 6 nitrogen and oxygen atoms in total. The van der Waals surface area contributed by atoms with Gasteiger partial charge < -0.3 is 15.0 Å². The summed E-state index contributed by atoms with van der Waals surface area (Å²) in [5.74, 6) is 4.05. The van der Waals surface area contributed by atoms with E-state index in [2.05, 4.69) is 9.72 Å². The minimum absolute atomic E-state index is 0.00193. The van der Waals surface area contributed by atoms with Crippen LogP contribution in [0.5, 0.6) is 5.75 Å². The predicted octanol–water partition coefficient (Wildman–Crippen LogP) is 7.26. The topological polar surface area (TPSA) is 82.3 Å². The second-order valence-corrected chi connectivity index (χ2v) is 9.47. The number of benzene rings is 3. The number of thioether (sulfide) groups is 1. The van der Waals surface area contributed by atoms with Crippen molar-refractivity contribution in [3.8, 4) is 22.6 Å². The fourth-order valence-electron chi connectivity index (χ4n) is 4.07. The van der Waals surface area contributed by atoms with Crippen LogP contribution >= 0.6 is 11.8 Å². The molecule has 4 rings (SSSR count). The first-order chi connectivity index (χ1) is 19.2. The number of nitrogens with two attached hydrogens (primary N) is 2. The van der Waals surface area contributed by atoms with Crippen LogP contribution in [-0.4, -0.2) is 22.2 Å². The zero-order chi connectivity index (χ0) is 30.1. The maximum absolute atomic E-state index is 14.5. The van der Waals surface area contributed by atoms with E-state index in [0.29, 0.717) is 5.56 Å². The van der Waals surface area contributed by atoms with Crippen LogP contribution in [0.3, 0.4) is 0 Å². The smallest absolute Gasteiger partial charge is 0.403 e. The first-order valence-electron chi connectivity index (χ1n) is 11.7. The van der Waals surface area contributed by atoms with E-state index in [1.54, 1.807) is 18.2 Å². The van der Waals surface area contributed by atoms with E-state index in [9.17, 15) is 30.7 Å². The van der Waals surface area contributed by atoms with E-state index in [0.717, 1.165) is 46.1 Å². The molecule has 0 saturated heterocycles. The van der Waals surface area contributed by atoms with Gasteiger partial charge in [-0.2, -0.15) is 13.2 Å². The summed E-state index contributed by atoms with van der Waals surface area (Å²) in [4.78, 5) is 4.57. The average Bonchev–Trinajstić information content (AvgIpc) is 3.31. The normalized spacial score (nSPS) is 12.5. The molecule has 41 heavy (non-hydrogen) atoms. The number of aromatic nitrogens is 2. The Bertz CT molecular complexity index is 1600. The summed E-state index contributed by atoms with van der Waals surface area (Å²) < 4.78 is 97.5. The molecule has 0 fully saturated rings. The van der Waals surface area contributed by atoms with Gasteiger partial charge >= 0.3 is 12.5 Å². The lowest BCUT2D eigenvalue weighted by Crippen LogP contribution is -2.31. The van der Waals surface area contributed by atoms with Gasteiger partial charge in [-0.25, -0.2) is 15.2 Å². The van der Waals surface area contributed by atoms with Crippen molar-refractivity contribution in [2.24, 2.45) is 11.6 Å². The number of ether oxygens (including phenoxy) is 1. The molecular formula is C27H22F7N5OS. The fraction of sp³-hybridized carbons (Fsp3) is 0.148. The molecule has 216 valence electrons. The third-order valence-corrected chi connectivity index (χ3v) is 6.67. The van der Waals surface area contributed by atoms with Gasteiger partial charge in [-0.1, -0.05) is 18.2 Å². The molecule has 0 aliphatic carbocycles. The van der Waals surface area contributed by atoms with Crippen LogP contribution in [0.25, 0.3) is 22.5 Å². The van der Waals surface area contributed by atoms with E-state index in [1.165, 1.54) is 23.3 Å². The van der Waals surface area contributed by atoms with Crippen molar-refractivity contribution in [3.05, 3.63) is 96.0 Å². The molecule has 1 heterocycles. The molecule has 0 atom stereocenters. The summed E-state index contributed by atoms with van der Waals surface area (Å²) in [7, 11) is 0. The number of halogens is 7. The quantitative estimate of drug-likeness (QED) is 0.101. The molecular weight excluding hydrogens is 575 g/mol. The van der Waals surface area contributed by atoms with Gasteiger partial charge in [0.15, 0.2) is 17.3 Å². The summed E-state index contributed by atoms with van der Waals surface area (Å²) >= 11 is 1.51. The van der Waals surface area contributed by atoms with Crippen LogP contribution in [0.4, 0.5) is 36.4 Å². The molecule has 4 N–H and O–H groups in total. The van der Waals surface area contributed by atoms with Crippen molar-refractivity contribution in [3.63, 3.8) is 0 Å². The largest absolute Gasteiger partial charge is 0.573 e. The Hall–Kier alpha value is -4.17. The summed E-state index contributed by atoms with van der Waals surface area (Å²) in [5, 5.41) is 1.00. The number of nitrogens with zero attached hydrogens (tertiary/aromatic N) is 3. The summed E-state index contributed by atoms with van der Waals surface area (Å²) in [6, 6.07) is 14.9. The van der Waals surface area contributed by atoms with E-state index in [4.69, 9.17) is 11.6 Å². The summed E-state index contributed by atoms with van der Waals surface area (Å²) in [6.45, 7) is 1.38. The third-order valence-electron chi connectivity index (χ3n) is 5.94. The lowest BCUT2D eigenvalue weighted by Gasteiger charge is -2.26. The minimum atomic E-state index is -5.12. The molecule has 0 amide bonds. The van der Waals surface area contributed by atoms with Crippen LogP contribution < -0.4 is 21.3 Å². The maximum atomic E-state index is 14.5. The molecule has 0 aliphatic heterocycles. The first-order valence-corrected chi connectivity index (χ1v) is 12.9. The van der Waals surface area contributed by atoms with Crippen LogP contribution in [0, 0.1) is 12.7 Å². The molecule has 0 spiro atoms. The number of imidazole rings is 1. The lowest BCUT2D eigenvalue weighted by atomic mass is 10.0. The molecule has 4 aromatic rings. The van der Waals surface area contributed by atoms with E-state index in [1.807, 2.05) is 30.5 Å². The van der Waals surface area contributed by atoms with Crippen molar-refractivity contribution in [2.75, 3.05) is 11.3 Å². The number of rotatable bonds is 7. The van der Waals surface area contributed by atoms with Gasteiger partial charge in [-0.3, -0.25) is 5.01 Å². The van der Waals surface area contributed by atoms with Gasteiger partial charge in [0.2, 0.25) is 0 Å². The molecule has 3 aromatic carbocycles. The molecule has 0 bridgehead atoms. The summed E-state index contributed by atoms with van der Waals surface area (Å²) in [6.07, 6.45) is -6.12. The van der Waals surface area contributed by atoms with E-state index < -0.39 is 29.8 Å². The van der Waals surface area contributed by atoms with Crippen LogP contribution in [0.1, 0.15) is 17.1 Å². The predicted molar refractivity (Wildman–Crippen MR) is 142 cm³/mol. The number of anilines is 1. The molecule has 0 aliphatic rings.